The van der Waals surface area contributed by atoms with Crippen LogP contribution >= 0.6 is 0 Å². The molecule has 3 fully saturated rings. The average Bonchev–Trinajstić information content (AvgIpc) is 3.50. The molecule has 4 aromatic rings. The van der Waals surface area contributed by atoms with Crippen LogP contribution in [0, 0.1) is 29.5 Å². The zero-order valence-corrected chi connectivity index (χ0v) is 26.1. The van der Waals surface area contributed by atoms with Crippen LogP contribution in [0.2, 0.25) is 0 Å². The van der Waals surface area contributed by atoms with Crippen LogP contribution in [0.3, 0.4) is 0 Å². The number of anilines is 1. The lowest BCUT2D eigenvalue weighted by Gasteiger charge is -2.29. The number of aromatic hydroxyl groups is 1. The van der Waals surface area contributed by atoms with E-state index in [1.807, 2.05) is 11.0 Å². The maximum atomic E-state index is 16.5. The second kappa shape index (κ2) is 13.0. The highest BCUT2D eigenvalue weighted by molar-refractivity contribution is 6.05. The molecule has 13 heteroatoms. The number of nitrogens with zero attached hydrogens (tertiary/aromatic N) is 6. The van der Waals surface area contributed by atoms with E-state index in [1.54, 1.807) is 6.07 Å². The van der Waals surface area contributed by atoms with Gasteiger partial charge >= 0.3 is 12.5 Å². The number of phenols is 1. The molecule has 248 valence electrons. The van der Waals surface area contributed by atoms with Crippen LogP contribution in [0.15, 0.2) is 24.3 Å². The standard InChI is InChI=1S/C28H22FN5O5.C7H12FN/c1-2-18-15(12-30)8-7-14-10-17(35)11-19(20(14)18)23-22(29)24-21-25(33-27(32-24)39-28(36)37)34-9-5-3-4-6-16(34)13-38-26(21)31-23;8-6-4-7-2-1-3-9(7)5-6/h1,7-8,10-11,16,28,35-37H,3-6,9,13H2;6-7H,1-5H2. The third kappa shape index (κ3) is 5.79. The van der Waals surface area contributed by atoms with Crippen LogP contribution in [0.4, 0.5) is 14.6 Å². The third-order valence-electron chi connectivity index (χ3n) is 9.57. The number of aliphatic hydroxyl groups excluding tert-OH is 1. The summed E-state index contributed by atoms with van der Waals surface area (Å²) in [6, 6.07) is 8.06. The van der Waals surface area contributed by atoms with Crippen molar-refractivity contribution >= 4 is 27.5 Å². The number of aromatic nitrogens is 3. The number of hydrogen-bond acceptors (Lipinski definition) is 11. The van der Waals surface area contributed by atoms with E-state index >= 15 is 4.39 Å². The lowest BCUT2D eigenvalue weighted by atomic mass is 9.93. The highest BCUT2D eigenvalue weighted by atomic mass is 19.1. The maximum absolute atomic E-state index is 16.5. The predicted octanol–water partition coefficient (Wildman–Crippen LogP) is 4.52. The first-order valence-corrected chi connectivity index (χ1v) is 16.1. The van der Waals surface area contributed by atoms with Crippen molar-refractivity contribution in [3.8, 4) is 47.3 Å². The van der Waals surface area contributed by atoms with Gasteiger partial charge in [-0.25, -0.2) is 13.8 Å². The molecular formula is C35H34F2N6O5. The Hall–Kier alpha value is -4.82. The molecule has 0 spiro atoms. The smallest absolute Gasteiger partial charge is 0.323 e. The van der Waals surface area contributed by atoms with Crippen LogP contribution in [0.1, 0.15) is 56.1 Å². The molecule has 0 saturated carbocycles. The van der Waals surface area contributed by atoms with Crippen LogP contribution in [0.25, 0.3) is 32.9 Å². The van der Waals surface area contributed by atoms with Gasteiger partial charge in [0.05, 0.1) is 17.2 Å². The third-order valence-corrected chi connectivity index (χ3v) is 9.57. The average molecular weight is 657 g/mol. The fourth-order valence-electron chi connectivity index (χ4n) is 7.45. The molecule has 3 N–H and O–H groups in total. The largest absolute Gasteiger partial charge is 0.508 e. The molecule has 4 aliphatic rings. The first-order chi connectivity index (χ1) is 23.2. The Morgan fingerprint density at radius 3 is 2.65 bits per heavy atom. The first kappa shape index (κ1) is 31.8. The van der Waals surface area contributed by atoms with Crippen molar-refractivity contribution < 1.29 is 33.6 Å². The van der Waals surface area contributed by atoms with Gasteiger partial charge in [0.2, 0.25) is 5.88 Å². The van der Waals surface area contributed by atoms with Crippen molar-refractivity contribution in [2.45, 2.75) is 69.7 Å². The molecular weight excluding hydrogens is 622 g/mol. The van der Waals surface area contributed by atoms with E-state index in [1.165, 1.54) is 31.0 Å². The number of phenolic OH excluding ortho intramolecular Hbond substituents is 1. The van der Waals surface area contributed by atoms with Crippen LogP contribution in [0.5, 0.6) is 17.6 Å². The summed E-state index contributed by atoms with van der Waals surface area (Å²) in [5, 5.41) is 40.0. The summed E-state index contributed by atoms with van der Waals surface area (Å²) in [6.07, 6.45) is 12.3. The highest BCUT2D eigenvalue weighted by Crippen LogP contribution is 2.44. The second-order valence-corrected chi connectivity index (χ2v) is 12.5. The molecule has 4 aliphatic heterocycles. The van der Waals surface area contributed by atoms with Gasteiger partial charge < -0.3 is 29.7 Å². The minimum atomic E-state index is -2.22. The van der Waals surface area contributed by atoms with Crippen LogP contribution in [-0.4, -0.2) is 86.1 Å². The number of ether oxygens (including phenoxy) is 2. The summed E-state index contributed by atoms with van der Waals surface area (Å²) in [4.78, 5) is 17.4. The number of benzene rings is 2. The Labute approximate surface area is 275 Å². The number of rotatable bonds is 3. The summed E-state index contributed by atoms with van der Waals surface area (Å²) in [7, 11) is 0. The number of fused-ring (bicyclic) bond motifs is 4. The predicted molar refractivity (Wildman–Crippen MR) is 173 cm³/mol. The van der Waals surface area contributed by atoms with Crippen molar-refractivity contribution in [3.05, 3.63) is 41.2 Å². The van der Waals surface area contributed by atoms with Gasteiger partial charge in [0.15, 0.2) is 5.82 Å². The number of halogens is 2. The summed E-state index contributed by atoms with van der Waals surface area (Å²) in [6.45, 7) is 0.523. The number of aliphatic hydroxyl groups is 2. The minimum absolute atomic E-state index is 0.0777. The minimum Gasteiger partial charge on any atom is -0.508 e. The SMILES string of the molecule is C#Cc1c(C#N)ccc2cc(O)cc(-c3nc4c5c(nc(OC(O)O)nc5c3F)N3CCCCCC3CO4)c12.FC1CC2CCCN2C1. The molecule has 48 heavy (non-hydrogen) atoms. The summed E-state index contributed by atoms with van der Waals surface area (Å²) in [5.74, 6) is 1.87. The molecule has 0 bridgehead atoms. The zero-order chi connectivity index (χ0) is 33.5. The van der Waals surface area contributed by atoms with Gasteiger partial charge in [-0.1, -0.05) is 24.8 Å². The summed E-state index contributed by atoms with van der Waals surface area (Å²) >= 11 is 0. The molecule has 0 radical (unpaired) electrons. The van der Waals surface area contributed by atoms with Gasteiger partial charge in [-0.05, 0) is 62.2 Å². The normalized spacial score (nSPS) is 21.7. The molecule has 3 saturated heterocycles. The van der Waals surface area contributed by atoms with Crippen molar-refractivity contribution in [1.82, 2.24) is 19.9 Å². The molecule has 2 aromatic heterocycles. The second-order valence-electron chi connectivity index (χ2n) is 12.5. The lowest BCUT2D eigenvalue weighted by Crippen LogP contribution is -2.38. The number of pyridine rings is 1. The van der Waals surface area contributed by atoms with E-state index < -0.39 is 24.5 Å². The number of terminal acetylenes is 1. The summed E-state index contributed by atoms with van der Waals surface area (Å²) < 4.78 is 40.2. The van der Waals surface area contributed by atoms with Crippen molar-refractivity contribution in [3.63, 3.8) is 0 Å². The summed E-state index contributed by atoms with van der Waals surface area (Å²) in [5.41, 5.74) is 0.135. The zero-order valence-electron chi connectivity index (χ0n) is 26.1. The highest BCUT2D eigenvalue weighted by Gasteiger charge is 2.35. The van der Waals surface area contributed by atoms with Crippen molar-refractivity contribution in [2.75, 3.05) is 31.1 Å². The van der Waals surface area contributed by atoms with Gasteiger partial charge in [0.25, 0.3) is 0 Å². The van der Waals surface area contributed by atoms with E-state index in [0.29, 0.717) is 35.7 Å². The quantitative estimate of drug-likeness (QED) is 0.211. The maximum Gasteiger partial charge on any atom is 0.323 e. The van der Waals surface area contributed by atoms with Gasteiger partial charge in [-0.15, -0.1) is 6.42 Å². The molecule has 0 aliphatic carbocycles. The van der Waals surface area contributed by atoms with E-state index in [2.05, 4.69) is 25.8 Å². The fraction of sp³-hybridized carbons (Fsp3) is 0.429. The van der Waals surface area contributed by atoms with Crippen molar-refractivity contribution in [1.29, 1.82) is 5.26 Å². The number of hydrogen-bond donors (Lipinski definition) is 3. The fourth-order valence-corrected chi connectivity index (χ4v) is 7.45. The Balaban J connectivity index is 0.000000347. The Kier molecular flexibility index (Phi) is 8.60. The molecule has 3 atom stereocenters. The van der Waals surface area contributed by atoms with Gasteiger partial charge in [-0.2, -0.15) is 15.2 Å². The van der Waals surface area contributed by atoms with Crippen molar-refractivity contribution in [2.24, 2.45) is 0 Å². The van der Waals surface area contributed by atoms with Gasteiger partial charge in [-0.3, -0.25) is 4.90 Å². The monoisotopic (exact) mass is 656 g/mol. The molecule has 6 heterocycles. The van der Waals surface area contributed by atoms with Crippen LogP contribution < -0.4 is 14.4 Å². The number of alkyl halides is 1. The van der Waals surface area contributed by atoms with Gasteiger partial charge in [0.1, 0.15) is 47.0 Å². The first-order valence-electron chi connectivity index (χ1n) is 16.1. The topological polar surface area (TPSA) is 148 Å². The number of nitriles is 1. The van der Waals surface area contributed by atoms with E-state index in [0.717, 1.165) is 38.6 Å². The Morgan fingerprint density at radius 2 is 1.88 bits per heavy atom. The molecule has 0 amide bonds. The Morgan fingerprint density at radius 1 is 1.04 bits per heavy atom. The molecule has 11 nitrogen and oxygen atoms in total. The van der Waals surface area contributed by atoms with E-state index in [9.17, 15) is 25.0 Å². The molecule has 2 aromatic carbocycles. The van der Waals surface area contributed by atoms with E-state index in [-0.39, 0.29) is 57.6 Å². The Bertz CT molecular complexity index is 1970. The van der Waals surface area contributed by atoms with Crippen LogP contribution in [-0.2, 0) is 0 Å². The lowest BCUT2D eigenvalue weighted by molar-refractivity contribution is -0.183. The van der Waals surface area contributed by atoms with Gasteiger partial charge in [0, 0.05) is 30.1 Å². The van der Waals surface area contributed by atoms with E-state index in [4.69, 9.17) is 15.9 Å². The molecule has 3 unspecified atom stereocenters. The molecule has 8 rings (SSSR count).